The largest absolute Gasteiger partial charge is 0.352 e. The predicted octanol–water partition coefficient (Wildman–Crippen LogP) is 0.407. The molecule has 0 aromatic carbocycles. The van der Waals surface area contributed by atoms with Crippen molar-refractivity contribution < 1.29 is 9.72 Å². The fraction of sp³-hybridized carbons (Fsp3) is 0.600. The molecule has 8 nitrogen and oxygen atoms in total. The number of nitrogens with zero attached hydrogens (tertiary/aromatic N) is 3. The zero-order valence-corrected chi connectivity index (χ0v) is 10.2. The number of rotatable bonds is 5. The lowest BCUT2D eigenvalue weighted by molar-refractivity contribution is -0.384. The third-order valence-electron chi connectivity index (χ3n) is 2.68. The number of amides is 1. The fourth-order valence-corrected chi connectivity index (χ4v) is 1.54. The molecule has 1 unspecified atom stereocenters. The van der Waals surface area contributed by atoms with E-state index in [9.17, 15) is 14.9 Å². The van der Waals surface area contributed by atoms with E-state index in [0.29, 0.717) is 0 Å². The van der Waals surface area contributed by atoms with Crippen LogP contribution in [0, 0.1) is 10.1 Å². The van der Waals surface area contributed by atoms with Crippen LogP contribution in [0.1, 0.15) is 19.8 Å². The molecule has 0 saturated heterocycles. The lowest BCUT2D eigenvalue weighted by atomic mass is 10.3. The minimum Gasteiger partial charge on any atom is -0.352 e. The van der Waals surface area contributed by atoms with Gasteiger partial charge in [-0.1, -0.05) is 0 Å². The van der Waals surface area contributed by atoms with Gasteiger partial charge in [0.1, 0.15) is 12.2 Å². The van der Waals surface area contributed by atoms with Gasteiger partial charge in [-0.25, -0.2) is 0 Å². The Labute approximate surface area is 104 Å². The number of nitro groups is 1. The van der Waals surface area contributed by atoms with Gasteiger partial charge in [-0.05, 0) is 19.8 Å². The summed E-state index contributed by atoms with van der Waals surface area (Å²) in [6.45, 7) is 1.65. The Bertz CT molecular complexity index is 480. The van der Waals surface area contributed by atoms with Crippen LogP contribution in [0.15, 0.2) is 6.20 Å². The molecule has 1 fully saturated rings. The van der Waals surface area contributed by atoms with Crippen LogP contribution >= 0.6 is 0 Å². The molecule has 0 radical (unpaired) electrons. The Morgan fingerprint density at radius 3 is 2.89 bits per heavy atom. The van der Waals surface area contributed by atoms with Crippen LogP contribution in [0.2, 0.25) is 0 Å². The second-order valence-electron chi connectivity index (χ2n) is 4.44. The quantitative estimate of drug-likeness (QED) is 0.584. The van der Waals surface area contributed by atoms with E-state index in [1.807, 2.05) is 0 Å². The number of carbonyl (C=O) groups excluding carboxylic acids is 1. The number of hydrogen-bond donors (Lipinski definition) is 2. The van der Waals surface area contributed by atoms with Crippen molar-refractivity contribution in [1.82, 2.24) is 15.1 Å². The Morgan fingerprint density at radius 1 is 1.67 bits per heavy atom. The fourth-order valence-electron chi connectivity index (χ4n) is 1.54. The molecule has 98 valence electrons. The van der Waals surface area contributed by atoms with Gasteiger partial charge in [-0.15, -0.1) is 5.10 Å². The maximum absolute atomic E-state index is 11.7. The molecule has 1 atom stereocenters. The molecule has 2 N–H and O–H groups in total. The summed E-state index contributed by atoms with van der Waals surface area (Å²) < 4.78 is 1.34. The van der Waals surface area contributed by atoms with E-state index in [4.69, 9.17) is 0 Å². The van der Waals surface area contributed by atoms with Crippen LogP contribution in [-0.4, -0.2) is 32.7 Å². The second-order valence-corrected chi connectivity index (χ2v) is 4.44. The Hall–Kier alpha value is -2.12. The summed E-state index contributed by atoms with van der Waals surface area (Å²) in [6, 6.07) is -0.292. The van der Waals surface area contributed by atoms with Crippen molar-refractivity contribution >= 4 is 17.4 Å². The van der Waals surface area contributed by atoms with Gasteiger partial charge >= 0.3 is 5.69 Å². The number of aryl methyl sites for hydroxylation is 1. The van der Waals surface area contributed by atoms with Crippen molar-refractivity contribution in [3.63, 3.8) is 0 Å². The van der Waals surface area contributed by atoms with E-state index in [-0.39, 0.29) is 23.5 Å². The first-order chi connectivity index (χ1) is 8.47. The highest BCUT2D eigenvalue weighted by Crippen LogP contribution is 2.23. The summed E-state index contributed by atoms with van der Waals surface area (Å²) in [6.07, 6.45) is 3.30. The van der Waals surface area contributed by atoms with Gasteiger partial charge in [0, 0.05) is 13.1 Å². The van der Waals surface area contributed by atoms with Crippen molar-refractivity contribution in [2.75, 3.05) is 5.32 Å². The lowest BCUT2D eigenvalue weighted by Crippen LogP contribution is -2.38. The second kappa shape index (κ2) is 4.63. The topological polar surface area (TPSA) is 102 Å². The summed E-state index contributed by atoms with van der Waals surface area (Å²) in [5.74, 6) is -0.0570. The van der Waals surface area contributed by atoms with Gasteiger partial charge in [0.25, 0.3) is 0 Å². The van der Waals surface area contributed by atoms with E-state index in [1.54, 1.807) is 14.0 Å². The Morgan fingerprint density at radius 2 is 2.33 bits per heavy atom. The van der Waals surface area contributed by atoms with Gasteiger partial charge in [0.15, 0.2) is 0 Å². The number of nitrogens with one attached hydrogen (secondary N) is 2. The minimum atomic E-state index is -0.556. The van der Waals surface area contributed by atoms with Gasteiger partial charge in [0.05, 0.1) is 4.92 Å². The van der Waals surface area contributed by atoms with Crippen molar-refractivity contribution in [3.05, 3.63) is 16.3 Å². The highest BCUT2D eigenvalue weighted by atomic mass is 16.6. The van der Waals surface area contributed by atoms with E-state index >= 15 is 0 Å². The number of hydrogen-bond acceptors (Lipinski definition) is 5. The molecule has 1 aromatic heterocycles. The minimum absolute atomic E-state index is 0.112. The monoisotopic (exact) mass is 253 g/mol. The van der Waals surface area contributed by atoms with Crippen LogP contribution in [0.5, 0.6) is 0 Å². The van der Waals surface area contributed by atoms with E-state index in [1.165, 1.54) is 10.9 Å². The first-order valence-electron chi connectivity index (χ1n) is 5.72. The average Bonchev–Trinajstić information content (AvgIpc) is 3.01. The molecular formula is C10H15N5O3. The maximum Gasteiger partial charge on any atom is 0.330 e. The molecule has 0 spiro atoms. The molecule has 1 aromatic rings. The summed E-state index contributed by atoms with van der Waals surface area (Å²) in [7, 11) is 1.59. The molecule has 1 heterocycles. The summed E-state index contributed by atoms with van der Waals surface area (Å²) in [4.78, 5) is 22.0. The first kappa shape index (κ1) is 12.3. The van der Waals surface area contributed by atoms with E-state index < -0.39 is 11.0 Å². The summed E-state index contributed by atoms with van der Waals surface area (Å²) in [5.41, 5.74) is -0.136. The first-order valence-corrected chi connectivity index (χ1v) is 5.72. The molecule has 18 heavy (non-hydrogen) atoms. The normalized spacial score (nSPS) is 16.1. The van der Waals surface area contributed by atoms with Crippen LogP contribution in [0.4, 0.5) is 11.5 Å². The van der Waals surface area contributed by atoms with Crippen molar-refractivity contribution in [3.8, 4) is 0 Å². The van der Waals surface area contributed by atoms with Crippen LogP contribution < -0.4 is 10.6 Å². The molecule has 1 amide bonds. The molecular weight excluding hydrogens is 238 g/mol. The van der Waals surface area contributed by atoms with Gasteiger partial charge in [0.2, 0.25) is 11.7 Å². The zero-order valence-electron chi connectivity index (χ0n) is 10.2. The average molecular weight is 253 g/mol. The Kier molecular flexibility index (Phi) is 3.17. The molecule has 2 rings (SSSR count). The van der Waals surface area contributed by atoms with E-state index in [0.717, 1.165) is 12.8 Å². The highest BCUT2D eigenvalue weighted by Gasteiger charge is 2.27. The highest BCUT2D eigenvalue weighted by molar-refractivity contribution is 5.85. The summed E-state index contributed by atoms with van der Waals surface area (Å²) >= 11 is 0. The zero-order chi connectivity index (χ0) is 13.3. The van der Waals surface area contributed by atoms with Crippen molar-refractivity contribution in [2.45, 2.75) is 31.8 Å². The predicted molar refractivity (Wildman–Crippen MR) is 64.1 cm³/mol. The molecule has 8 heteroatoms. The van der Waals surface area contributed by atoms with Crippen molar-refractivity contribution in [2.24, 2.45) is 7.05 Å². The number of anilines is 1. The third kappa shape index (κ3) is 2.76. The molecule has 1 saturated carbocycles. The van der Waals surface area contributed by atoms with Gasteiger partial charge < -0.3 is 10.6 Å². The number of carbonyl (C=O) groups is 1. The van der Waals surface area contributed by atoms with Crippen LogP contribution in [0.25, 0.3) is 0 Å². The van der Waals surface area contributed by atoms with Crippen LogP contribution in [0.3, 0.4) is 0 Å². The van der Waals surface area contributed by atoms with E-state index in [2.05, 4.69) is 15.7 Å². The maximum atomic E-state index is 11.7. The number of aromatic nitrogens is 2. The molecule has 0 aliphatic heterocycles. The lowest BCUT2D eigenvalue weighted by Gasteiger charge is -2.12. The molecule has 1 aliphatic rings. The smallest absolute Gasteiger partial charge is 0.330 e. The Balaban J connectivity index is 2.03. The summed E-state index contributed by atoms with van der Waals surface area (Å²) in [5, 5.41) is 20.3. The third-order valence-corrected chi connectivity index (χ3v) is 2.68. The molecule has 1 aliphatic carbocycles. The standard InChI is InChI=1S/C10H15N5O3/c1-6(10(16)12-7-3-4-7)11-9-8(15(17)18)5-14(2)13-9/h5-7H,3-4H2,1-2H3,(H,11,13)(H,12,16). The van der Waals surface area contributed by atoms with Crippen LogP contribution in [-0.2, 0) is 11.8 Å². The molecule has 0 bridgehead atoms. The van der Waals surface area contributed by atoms with Crippen molar-refractivity contribution in [1.29, 1.82) is 0 Å². The SMILES string of the molecule is CC(Nc1nn(C)cc1[N+](=O)[O-])C(=O)NC1CC1. The van der Waals surface area contributed by atoms with Gasteiger partial charge in [-0.2, -0.15) is 0 Å². The van der Waals surface area contributed by atoms with Gasteiger partial charge in [-0.3, -0.25) is 19.6 Å².